The molecule has 1 N–H and O–H groups in total. The fourth-order valence-corrected chi connectivity index (χ4v) is 4.10. The first-order valence-corrected chi connectivity index (χ1v) is 8.22. The smallest absolute Gasteiger partial charge is 0.0233 e. The number of hydrogen-bond acceptors (Lipinski definition) is 2. The summed E-state index contributed by atoms with van der Waals surface area (Å²) < 4.78 is 0. The van der Waals surface area contributed by atoms with E-state index in [1.807, 2.05) is 7.05 Å². The average molecular weight is 272 g/mol. The second kappa shape index (κ2) is 6.28. The first-order chi connectivity index (χ1) is 9.76. The Morgan fingerprint density at radius 2 is 1.80 bits per heavy atom. The van der Waals surface area contributed by atoms with Crippen LogP contribution in [0.1, 0.15) is 43.2 Å². The molecular weight excluding hydrogens is 244 g/mol. The monoisotopic (exact) mass is 272 g/mol. The summed E-state index contributed by atoms with van der Waals surface area (Å²) in [5.41, 5.74) is 2.92. The lowest BCUT2D eigenvalue weighted by atomic mass is 10.00. The molecule has 2 heteroatoms. The average Bonchev–Trinajstić information content (AvgIpc) is 3.01. The summed E-state index contributed by atoms with van der Waals surface area (Å²) in [6.07, 6.45) is 4.42. The van der Waals surface area contributed by atoms with Gasteiger partial charge in [0.05, 0.1) is 0 Å². The van der Waals surface area contributed by atoms with E-state index >= 15 is 0 Å². The van der Waals surface area contributed by atoms with Gasteiger partial charge in [0.15, 0.2) is 0 Å². The van der Waals surface area contributed by atoms with Gasteiger partial charge in [-0.2, -0.15) is 0 Å². The number of fused-ring (bicyclic) bond motifs is 1. The van der Waals surface area contributed by atoms with E-state index in [9.17, 15) is 0 Å². The van der Waals surface area contributed by atoms with Crippen molar-refractivity contribution in [2.45, 2.75) is 38.6 Å². The molecule has 1 aliphatic carbocycles. The molecule has 0 radical (unpaired) electrons. The summed E-state index contributed by atoms with van der Waals surface area (Å²) in [4.78, 5) is 2.67. The van der Waals surface area contributed by atoms with Crippen molar-refractivity contribution in [2.75, 3.05) is 26.7 Å². The van der Waals surface area contributed by atoms with Gasteiger partial charge in [-0.3, -0.25) is 4.90 Å². The maximum Gasteiger partial charge on any atom is 0.0233 e. The van der Waals surface area contributed by atoms with Crippen LogP contribution in [-0.2, 0) is 6.54 Å². The summed E-state index contributed by atoms with van der Waals surface area (Å²) in [5.74, 6) is 2.61. The molecule has 1 saturated carbocycles. The van der Waals surface area contributed by atoms with Gasteiger partial charge >= 0.3 is 0 Å². The predicted molar refractivity (Wildman–Crippen MR) is 84.9 cm³/mol. The largest absolute Gasteiger partial charge is 0.319 e. The van der Waals surface area contributed by atoms with E-state index in [1.54, 1.807) is 0 Å². The molecule has 1 aliphatic heterocycles. The number of benzene rings is 1. The highest BCUT2D eigenvalue weighted by atomic mass is 15.2. The normalized spacial score (nSPS) is 27.7. The van der Waals surface area contributed by atoms with Crippen molar-refractivity contribution in [3.8, 4) is 0 Å². The van der Waals surface area contributed by atoms with E-state index < -0.39 is 0 Å². The van der Waals surface area contributed by atoms with Crippen molar-refractivity contribution >= 4 is 0 Å². The van der Waals surface area contributed by atoms with E-state index in [2.05, 4.69) is 41.4 Å². The highest BCUT2D eigenvalue weighted by molar-refractivity contribution is 5.25. The molecule has 1 heterocycles. The van der Waals surface area contributed by atoms with Crippen molar-refractivity contribution in [1.29, 1.82) is 0 Å². The van der Waals surface area contributed by atoms with Crippen molar-refractivity contribution < 1.29 is 0 Å². The zero-order chi connectivity index (χ0) is 13.9. The Hall–Kier alpha value is -0.860. The molecule has 3 unspecified atom stereocenters. The van der Waals surface area contributed by atoms with Gasteiger partial charge in [0, 0.05) is 26.2 Å². The van der Waals surface area contributed by atoms with Gasteiger partial charge < -0.3 is 5.32 Å². The summed E-state index contributed by atoms with van der Waals surface area (Å²) >= 11 is 0. The fourth-order valence-electron chi connectivity index (χ4n) is 4.10. The zero-order valence-corrected chi connectivity index (χ0v) is 12.9. The Labute approximate surface area is 123 Å². The molecule has 2 nitrogen and oxygen atoms in total. The van der Waals surface area contributed by atoms with Gasteiger partial charge in [-0.1, -0.05) is 37.6 Å². The zero-order valence-electron chi connectivity index (χ0n) is 12.9. The van der Waals surface area contributed by atoms with Gasteiger partial charge in [-0.25, -0.2) is 0 Å². The SMILES string of the molecule is CNCC(C)c1ccc(CN2CC3CCCC3C2)cc1. The van der Waals surface area contributed by atoms with Crippen molar-refractivity contribution in [2.24, 2.45) is 11.8 Å². The van der Waals surface area contributed by atoms with Crippen LogP contribution in [0.4, 0.5) is 0 Å². The van der Waals surface area contributed by atoms with Gasteiger partial charge in [-0.15, -0.1) is 0 Å². The molecule has 0 amide bonds. The van der Waals surface area contributed by atoms with E-state index in [0.717, 1.165) is 24.9 Å². The molecule has 1 saturated heterocycles. The summed E-state index contributed by atoms with van der Waals surface area (Å²) in [5, 5.41) is 3.25. The maximum atomic E-state index is 3.25. The van der Waals surface area contributed by atoms with Gasteiger partial charge in [0.25, 0.3) is 0 Å². The molecule has 0 bridgehead atoms. The van der Waals surface area contributed by atoms with E-state index in [1.165, 1.54) is 43.5 Å². The number of likely N-dealkylation sites (N-methyl/N-ethyl adjacent to an activating group) is 1. The molecule has 0 aromatic heterocycles. The van der Waals surface area contributed by atoms with Gasteiger partial charge in [-0.05, 0) is 48.8 Å². The number of nitrogens with one attached hydrogen (secondary N) is 1. The van der Waals surface area contributed by atoms with Crippen LogP contribution < -0.4 is 5.32 Å². The van der Waals surface area contributed by atoms with Crippen LogP contribution in [0.5, 0.6) is 0 Å². The quantitative estimate of drug-likeness (QED) is 0.885. The lowest BCUT2D eigenvalue weighted by molar-refractivity contribution is 0.303. The van der Waals surface area contributed by atoms with Crippen LogP contribution in [0.15, 0.2) is 24.3 Å². The third kappa shape index (κ3) is 3.07. The lowest BCUT2D eigenvalue weighted by Gasteiger charge is -2.17. The predicted octanol–water partition coefficient (Wildman–Crippen LogP) is 3.24. The molecule has 2 fully saturated rings. The van der Waals surface area contributed by atoms with E-state index in [-0.39, 0.29) is 0 Å². The molecule has 3 atom stereocenters. The molecule has 2 aliphatic rings. The number of likely N-dealkylation sites (tertiary alicyclic amines) is 1. The van der Waals surface area contributed by atoms with Crippen LogP contribution >= 0.6 is 0 Å². The lowest BCUT2D eigenvalue weighted by Crippen LogP contribution is -2.21. The fraction of sp³-hybridized carbons (Fsp3) is 0.667. The second-order valence-electron chi connectivity index (χ2n) is 6.85. The third-order valence-electron chi connectivity index (χ3n) is 5.27. The van der Waals surface area contributed by atoms with Crippen LogP contribution in [0.3, 0.4) is 0 Å². The molecular formula is C18H28N2. The maximum absolute atomic E-state index is 3.25. The summed E-state index contributed by atoms with van der Waals surface area (Å²) in [6, 6.07) is 9.29. The third-order valence-corrected chi connectivity index (χ3v) is 5.27. The van der Waals surface area contributed by atoms with Crippen molar-refractivity contribution in [3.63, 3.8) is 0 Å². The minimum absolute atomic E-state index is 0.597. The Bertz CT molecular complexity index is 414. The van der Waals surface area contributed by atoms with Crippen molar-refractivity contribution in [3.05, 3.63) is 35.4 Å². The number of hydrogen-bond donors (Lipinski definition) is 1. The van der Waals surface area contributed by atoms with Crippen molar-refractivity contribution in [1.82, 2.24) is 10.2 Å². The Morgan fingerprint density at radius 3 is 2.40 bits per heavy atom. The summed E-state index contributed by atoms with van der Waals surface area (Å²) in [6.45, 7) is 7.15. The Kier molecular flexibility index (Phi) is 4.42. The van der Waals surface area contributed by atoms with Crippen LogP contribution in [-0.4, -0.2) is 31.6 Å². The molecule has 1 aromatic rings. The minimum atomic E-state index is 0.597. The van der Waals surface area contributed by atoms with Gasteiger partial charge in [0.1, 0.15) is 0 Å². The standard InChI is InChI=1S/C18H28N2/c1-14(10-19-2)16-8-6-15(7-9-16)11-20-12-17-4-3-5-18(17)13-20/h6-9,14,17-19H,3-5,10-13H2,1-2H3. The Morgan fingerprint density at radius 1 is 1.15 bits per heavy atom. The molecule has 20 heavy (non-hydrogen) atoms. The van der Waals surface area contributed by atoms with Crippen LogP contribution in [0.25, 0.3) is 0 Å². The van der Waals surface area contributed by atoms with E-state index in [4.69, 9.17) is 0 Å². The van der Waals surface area contributed by atoms with Gasteiger partial charge in [0.2, 0.25) is 0 Å². The Balaban J connectivity index is 1.56. The van der Waals surface area contributed by atoms with Crippen LogP contribution in [0, 0.1) is 11.8 Å². The molecule has 110 valence electrons. The molecule has 0 spiro atoms. The molecule has 1 aromatic carbocycles. The highest BCUT2D eigenvalue weighted by Gasteiger charge is 2.35. The van der Waals surface area contributed by atoms with E-state index in [0.29, 0.717) is 5.92 Å². The van der Waals surface area contributed by atoms with Crippen LogP contribution in [0.2, 0.25) is 0 Å². The highest BCUT2D eigenvalue weighted by Crippen LogP contribution is 2.38. The number of rotatable bonds is 5. The minimum Gasteiger partial charge on any atom is -0.319 e. The second-order valence-corrected chi connectivity index (χ2v) is 6.85. The topological polar surface area (TPSA) is 15.3 Å². The number of nitrogens with zero attached hydrogens (tertiary/aromatic N) is 1. The first kappa shape index (κ1) is 14.1. The molecule has 3 rings (SSSR count). The summed E-state index contributed by atoms with van der Waals surface area (Å²) in [7, 11) is 2.02. The first-order valence-electron chi connectivity index (χ1n) is 8.22.